The summed E-state index contributed by atoms with van der Waals surface area (Å²) in [5.74, 6) is 0.180. The zero-order chi connectivity index (χ0) is 15.4. The first-order chi connectivity index (χ1) is 10.1. The number of ketones is 1. The molecule has 0 saturated heterocycles. The molecular formula is C17H17NO3. The van der Waals surface area contributed by atoms with Crippen LogP contribution >= 0.6 is 0 Å². The smallest absolute Gasteiger partial charge is 0.187 e. The number of nitrogens with zero attached hydrogens (tertiary/aromatic N) is 1. The minimum absolute atomic E-state index is 0.242. The molecule has 0 spiro atoms. The van der Waals surface area contributed by atoms with Gasteiger partial charge in [0.25, 0.3) is 0 Å². The van der Waals surface area contributed by atoms with Gasteiger partial charge in [-0.25, -0.2) is 0 Å². The van der Waals surface area contributed by atoms with E-state index in [0.717, 1.165) is 5.56 Å². The highest BCUT2D eigenvalue weighted by Gasteiger charge is 2.25. The first-order valence-corrected chi connectivity index (χ1v) is 6.77. The van der Waals surface area contributed by atoms with Gasteiger partial charge in [-0.05, 0) is 30.2 Å². The average molecular weight is 283 g/mol. The number of furan rings is 1. The lowest BCUT2D eigenvalue weighted by Crippen LogP contribution is -2.12. The summed E-state index contributed by atoms with van der Waals surface area (Å²) in [7, 11) is 1.57. The van der Waals surface area contributed by atoms with Gasteiger partial charge in [-0.2, -0.15) is 5.26 Å². The van der Waals surface area contributed by atoms with Crippen molar-refractivity contribution in [2.24, 2.45) is 0 Å². The Labute approximate surface area is 124 Å². The van der Waals surface area contributed by atoms with E-state index in [1.165, 1.54) is 6.26 Å². The van der Waals surface area contributed by atoms with Crippen molar-refractivity contribution >= 4 is 5.78 Å². The molecule has 2 rings (SSSR count). The minimum Gasteiger partial charge on any atom is -0.496 e. The fourth-order valence-corrected chi connectivity index (χ4v) is 2.29. The number of carbonyl (C=O) groups excluding carboxylic acids is 1. The minimum atomic E-state index is -0.859. The number of hydrogen-bond acceptors (Lipinski definition) is 4. The van der Waals surface area contributed by atoms with E-state index in [-0.39, 0.29) is 5.78 Å². The van der Waals surface area contributed by atoms with Gasteiger partial charge in [0.15, 0.2) is 5.78 Å². The molecule has 2 aromatic rings. The first kappa shape index (κ1) is 14.9. The van der Waals surface area contributed by atoms with E-state index >= 15 is 0 Å². The molecule has 1 aromatic carbocycles. The normalized spacial score (nSPS) is 11.7. The monoisotopic (exact) mass is 283 g/mol. The SMILES string of the molecule is CCc1occc1C(=O)C(C#N)c1ccc(C)c(OC)c1. The molecule has 1 unspecified atom stereocenters. The van der Waals surface area contributed by atoms with Crippen LogP contribution in [0.1, 0.15) is 40.1 Å². The van der Waals surface area contributed by atoms with Gasteiger partial charge in [-0.3, -0.25) is 4.79 Å². The van der Waals surface area contributed by atoms with Crippen LogP contribution in [0.5, 0.6) is 5.75 Å². The van der Waals surface area contributed by atoms with Crippen LogP contribution in [-0.4, -0.2) is 12.9 Å². The predicted molar refractivity (Wildman–Crippen MR) is 78.5 cm³/mol. The van der Waals surface area contributed by atoms with Gasteiger partial charge in [-0.1, -0.05) is 19.1 Å². The van der Waals surface area contributed by atoms with Crippen molar-refractivity contribution in [1.29, 1.82) is 5.26 Å². The van der Waals surface area contributed by atoms with E-state index in [1.54, 1.807) is 25.3 Å². The summed E-state index contributed by atoms with van der Waals surface area (Å²) < 4.78 is 10.5. The average Bonchev–Trinajstić information content (AvgIpc) is 2.97. The van der Waals surface area contributed by atoms with Gasteiger partial charge in [0.2, 0.25) is 0 Å². The molecule has 0 bridgehead atoms. The zero-order valence-corrected chi connectivity index (χ0v) is 12.3. The van der Waals surface area contributed by atoms with Crippen molar-refractivity contribution in [2.75, 3.05) is 7.11 Å². The molecule has 0 saturated carbocycles. The van der Waals surface area contributed by atoms with E-state index < -0.39 is 5.92 Å². The Kier molecular flexibility index (Phi) is 4.44. The Hall–Kier alpha value is -2.54. The van der Waals surface area contributed by atoms with Crippen molar-refractivity contribution in [3.63, 3.8) is 0 Å². The summed E-state index contributed by atoms with van der Waals surface area (Å²) in [6.07, 6.45) is 2.10. The molecule has 0 radical (unpaired) electrons. The number of Topliss-reactive ketones (excluding diaryl/α,β-unsaturated/α-hetero) is 1. The molecule has 1 atom stereocenters. The third-order valence-electron chi connectivity index (χ3n) is 3.49. The maximum absolute atomic E-state index is 12.6. The lowest BCUT2D eigenvalue weighted by molar-refractivity contribution is 0.0977. The van der Waals surface area contributed by atoms with Crippen molar-refractivity contribution in [1.82, 2.24) is 0 Å². The number of rotatable bonds is 5. The Morgan fingerprint density at radius 3 is 2.81 bits per heavy atom. The van der Waals surface area contributed by atoms with Crippen molar-refractivity contribution < 1.29 is 13.9 Å². The van der Waals surface area contributed by atoms with Gasteiger partial charge >= 0.3 is 0 Å². The van der Waals surface area contributed by atoms with Gasteiger partial charge < -0.3 is 9.15 Å². The van der Waals surface area contributed by atoms with E-state index in [9.17, 15) is 10.1 Å². The third-order valence-corrected chi connectivity index (χ3v) is 3.49. The first-order valence-electron chi connectivity index (χ1n) is 6.77. The highest BCUT2D eigenvalue weighted by atomic mass is 16.5. The number of benzene rings is 1. The number of nitriles is 1. The molecule has 1 heterocycles. The van der Waals surface area contributed by atoms with Crippen molar-refractivity contribution in [2.45, 2.75) is 26.2 Å². The summed E-state index contributed by atoms with van der Waals surface area (Å²) in [6.45, 7) is 3.82. The molecule has 4 heteroatoms. The quantitative estimate of drug-likeness (QED) is 0.786. The largest absolute Gasteiger partial charge is 0.496 e. The predicted octanol–water partition coefficient (Wildman–Crippen LogP) is 3.65. The Morgan fingerprint density at radius 2 is 2.19 bits per heavy atom. The Bertz CT molecular complexity index is 694. The molecule has 0 aliphatic rings. The number of carbonyl (C=O) groups is 1. The van der Waals surface area contributed by atoms with Crippen LogP contribution in [0, 0.1) is 18.3 Å². The Balaban J connectivity index is 2.41. The van der Waals surface area contributed by atoms with Crippen LogP contribution in [-0.2, 0) is 6.42 Å². The number of methoxy groups -OCH3 is 1. The fourth-order valence-electron chi connectivity index (χ4n) is 2.29. The van der Waals surface area contributed by atoms with E-state index in [4.69, 9.17) is 9.15 Å². The molecule has 108 valence electrons. The second kappa shape index (κ2) is 6.27. The summed E-state index contributed by atoms with van der Waals surface area (Å²) in [6, 6.07) is 9.08. The van der Waals surface area contributed by atoms with E-state index in [0.29, 0.717) is 29.1 Å². The van der Waals surface area contributed by atoms with Gasteiger partial charge in [0, 0.05) is 6.42 Å². The standard InChI is InChI=1S/C17H17NO3/c1-4-15-13(7-8-21-15)17(19)14(10-18)12-6-5-11(2)16(9-12)20-3/h5-9,14H,4H2,1-3H3. The van der Waals surface area contributed by atoms with Crippen LogP contribution < -0.4 is 4.74 Å². The summed E-state index contributed by atoms with van der Waals surface area (Å²) in [5.41, 5.74) is 2.07. The highest BCUT2D eigenvalue weighted by Crippen LogP contribution is 2.28. The lowest BCUT2D eigenvalue weighted by Gasteiger charge is -2.11. The number of hydrogen-bond donors (Lipinski definition) is 0. The van der Waals surface area contributed by atoms with Crippen molar-refractivity contribution in [3.8, 4) is 11.8 Å². The van der Waals surface area contributed by atoms with Crippen LogP contribution in [0.4, 0.5) is 0 Å². The molecule has 0 aliphatic heterocycles. The summed E-state index contributed by atoms with van der Waals surface area (Å²) >= 11 is 0. The maximum atomic E-state index is 12.6. The van der Waals surface area contributed by atoms with Crippen LogP contribution in [0.3, 0.4) is 0 Å². The Morgan fingerprint density at radius 1 is 1.43 bits per heavy atom. The molecule has 0 amide bonds. The van der Waals surface area contributed by atoms with E-state index in [2.05, 4.69) is 6.07 Å². The lowest BCUT2D eigenvalue weighted by atomic mass is 9.91. The third kappa shape index (κ3) is 2.82. The van der Waals surface area contributed by atoms with Crippen LogP contribution in [0.25, 0.3) is 0 Å². The topological polar surface area (TPSA) is 63.2 Å². The zero-order valence-electron chi connectivity index (χ0n) is 12.3. The fraction of sp³-hybridized carbons (Fsp3) is 0.294. The summed E-state index contributed by atoms with van der Waals surface area (Å²) in [5, 5.41) is 9.40. The van der Waals surface area contributed by atoms with Crippen LogP contribution in [0.2, 0.25) is 0 Å². The maximum Gasteiger partial charge on any atom is 0.187 e. The van der Waals surface area contributed by atoms with Crippen molar-refractivity contribution in [3.05, 3.63) is 53.0 Å². The van der Waals surface area contributed by atoms with E-state index in [1.807, 2.05) is 19.9 Å². The molecule has 21 heavy (non-hydrogen) atoms. The van der Waals surface area contributed by atoms with Gasteiger partial charge in [0.05, 0.1) is 25.0 Å². The molecule has 0 N–H and O–H groups in total. The number of ether oxygens (including phenoxy) is 1. The van der Waals surface area contributed by atoms with Gasteiger partial charge in [-0.15, -0.1) is 0 Å². The molecular weight excluding hydrogens is 266 g/mol. The molecule has 0 aliphatic carbocycles. The second-order valence-corrected chi connectivity index (χ2v) is 4.77. The summed E-state index contributed by atoms with van der Waals surface area (Å²) in [4.78, 5) is 12.6. The van der Waals surface area contributed by atoms with Crippen LogP contribution in [0.15, 0.2) is 34.9 Å². The number of aryl methyl sites for hydroxylation is 2. The second-order valence-electron chi connectivity index (χ2n) is 4.77. The molecule has 0 fully saturated rings. The molecule has 4 nitrogen and oxygen atoms in total. The highest BCUT2D eigenvalue weighted by molar-refractivity contribution is 6.03. The van der Waals surface area contributed by atoms with Gasteiger partial charge in [0.1, 0.15) is 17.4 Å². The molecule has 1 aromatic heterocycles.